The Bertz CT molecular complexity index is 1160. The van der Waals surface area contributed by atoms with Crippen molar-refractivity contribution >= 4 is 28.8 Å². The fourth-order valence-electron chi connectivity index (χ4n) is 3.70. The van der Waals surface area contributed by atoms with Gasteiger partial charge < -0.3 is 4.90 Å². The van der Waals surface area contributed by atoms with Gasteiger partial charge in [-0.2, -0.15) is 0 Å². The highest BCUT2D eigenvalue weighted by molar-refractivity contribution is 6.46. The maximum Gasteiger partial charge on any atom is 0.282 e. The van der Waals surface area contributed by atoms with E-state index in [-0.39, 0.29) is 11.8 Å². The zero-order chi connectivity index (χ0) is 21.4. The predicted molar refractivity (Wildman–Crippen MR) is 121 cm³/mol. The van der Waals surface area contributed by atoms with Gasteiger partial charge >= 0.3 is 0 Å². The summed E-state index contributed by atoms with van der Waals surface area (Å²) in [6.45, 7) is 6.02. The molecule has 0 saturated heterocycles. The van der Waals surface area contributed by atoms with Gasteiger partial charge in [0.05, 0.1) is 11.3 Å². The van der Waals surface area contributed by atoms with E-state index >= 15 is 0 Å². The molecule has 0 N–H and O–H groups in total. The molecule has 0 aliphatic carbocycles. The molecule has 4 rings (SSSR count). The fourth-order valence-corrected chi connectivity index (χ4v) is 3.70. The average molecular weight is 396 g/mol. The van der Waals surface area contributed by atoms with Crippen LogP contribution >= 0.6 is 0 Å². The predicted octanol–water partition coefficient (Wildman–Crippen LogP) is 5.03. The van der Waals surface area contributed by atoms with Crippen molar-refractivity contribution in [1.82, 2.24) is 0 Å². The number of benzene rings is 3. The molecule has 3 aromatic carbocycles. The molecule has 0 aromatic heterocycles. The van der Waals surface area contributed by atoms with Crippen LogP contribution < -0.4 is 9.80 Å². The van der Waals surface area contributed by atoms with E-state index in [9.17, 15) is 9.59 Å². The quantitative estimate of drug-likeness (QED) is 0.581. The van der Waals surface area contributed by atoms with Gasteiger partial charge in [0.15, 0.2) is 0 Å². The molecule has 150 valence electrons. The first-order valence-corrected chi connectivity index (χ1v) is 9.94. The summed E-state index contributed by atoms with van der Waals surface area (Å²) in [4.78, 5) is 30.2. The van der Waals surface area contributed by atoms with Crippen LogP contribution in [0.4, 0.5) is 11.4 Å². The maximum absolute atomic E-state index is 13.6. The maximum atomic E-state index is 13.6. The van der Waals surface area contributed by atoms with Crippen LogP contribution in [0.5, 0.6) is 0 Å². The Morgan fingerprint density at radius 1 is 0.733 bits per heavy atom. The second-order valence-electron chi connectivity index (χ2n) is 7.70. The molecule has 0 spiro atoms. The standard InChI is InChI=1S/C26H24N2O2/c1-17-10-14-22(15-11-17)28-25(29)23(20-13-12-18(2)19(3)16-20)24(26(28)30)27(4)21-8-6-5-7-9-21/h5-16H,1-4H3. The number of hydrogen-bond acceptors (Lipinski definition) is 3. The summed E-state index contributed by atoms with van der Waals surface area (Å²) >= 11 is 0. The van der Waals surface area contributed by atoms with E-state index in [1.807, 2.05) is 101 Å². The van der Waals surface area contributed by atoms with Gasteiger partial charge in [-0.25, -0.2) is 4.90 Å². The lowest BCUT2D eigenvalue weighted by atomic mass is 9.99. The zero-order valence-corrected chi connectivity index (χ0v) is 17.6. The van der Waals surface area contributed by atoms with Gasteiger partial charge in [-0.3, -0.25) is 9.59 Å². The summed E-state index contributed by atoms with van der Waals surface area (Å²) < 4.78 is 0. The fraction of sp³-hybridized carbons (Fsp3) is 0.154. The van der Waals surface area contributed by atoms with E-state index in [1.165, 1.54) is 4.90 Å². The molecule has 4 nitrogen and oxygen atoms in total. The van der Waals surface area contributed by atoms with Gasteiger partial charge in [0.25, 0.3) is 11.8 Å². The lowest BCUT2D eigenvalue weighted by Crippen LogP contribution is -2.34. The van der Waals surface area contributed by atoms with Crippen molar-refractivity contribution in [3.05, 3.63) is 101 Å². The van der Waals surface area contributed by atoms with Crippen LogP contribution in [-0.4, -0.2) is 18.9 Å². The minimum absolute atomic E-state index is 0.301. The van der Waals surface area contributed by atoms with Gasteiger partial charge in [0.2, 0.25) is 0 Å². The number of amides is 2. The van der Waals surface area contributed by atoms with Crippen LogP contribution in [0.3, 0.4) is 0 Å². The Kier molecular flexibility index (Phi) is 5.00. The SMILES string of the molecule is Cc1ccc(N2C(=O)C(c3ccc(C)c(C)c3)=C(N(C)c3ccccc3)C2=O)cc1. The van der Waals surface area contributed by atoms with Crippen molar-refractivity contribution in [2.24, 2.45) is 0 Å². The van der Waals surface area contributed by atoms with Crippen LogP contribution in [0.15, 0.2) is 78.5 Å². The third-order valence-electron chi connectivity index (χ3n) is 5.63. The first-order chi connectivity index (χ1) is 14.4. The van der Waals surface area contributed by atoms with Gasteiger partial charge in [-0.1, -0.05) is 54.1 Å². The minimum atomic E-state index is -0.316. The lowest BCUT2D eigenvalue weighted by molar-refractivity contribution is -0.120. The highest BCUT2D eigenvalue weighted by Crippen LogP contribution is 2.36. The Balaban J connectivity index is 1.89. The normalized spacial score (nSPS) is 13.9. The molecule has 4 heteroatoms. The Hall–Kier alpha value is -3.66. The molecule has 2 amide bonds. The molecule has 0 saturated carbocycles. The van der Waals surface area contributed by atoms with Crippen LogP contribution in [0.25, 0.3) is 5.57 Å². The molecule has 3 aromatic rings. The molecule has 1 heterocycles. The van der Waals surface area contributed by atoms with E-state index < -0.39 is 0 Å². The lowest BCUT2D eigenvalue weighted by Gasteiger charge is -2.21. The minimum Gasteiger partial charge on any atom is -0.339 e. The number of carbonyl (C=O) groups excluding carboxylic acids is 2. The third kappa shape index (κ3) is 3.30. The third-order valence-corrected chi connectivity index (χ3v) is 5.63. The highest BCUT2D eigenvalue weighted by atomic mass is 16.2. The van der Waals surface area contributed by atoms with Crippen LogP contribution in [0.2, 0.25) is 0 Å². The number of rotatable bonds is 4. The Morgan fingerprint density at radius 3 is 2.03 bits per heavy atom. The molecule has 30 heavy (non-hydrogen) atoms. The van der Waals surface area contributed by atoms with Gasteiger partial charge in [0.1, 0.15) is 5.70 Å². The van der Waals surface area contributed by atoms with Crippen molar-refractivity contribution in [2.75, 3.05) is 16.8 Å². The van der Waals surface area contributed by atoms with E-state index in [0.717, 1.165) is 27.9 Å². The first-order valence-electron chi connectivity index (χ1n) is 9.94. The number of likely N-dealkylation sites (N-methyl/N-ethyl adjacent to an activating group) is 1. The summed E-state index contributed by atoms with van der Waals surface area (Å²) in [6, 6.07) is 22.9. The van der Waals surface area contributed by atoms with E-state index in [1.54, 1.807) is 4.90 Å². The monoisotopic (exact) mass is 396 g/mol. The van der Waals surface area contributed by atoms with Crippen molar-refractivity contribution < 1.29 is 9.59 Å². The van der Waals surface area contributed by atoms with Gasteiger partial charge in [-0.15, -0.1) is 0 Å². The van der Waals surface area contributed by atoms with E-state index in [2.05, 4.69) is 0 Å². The number of nitrogens with zero attached hydrogens (tertiary/aromatic N) is 2. The van der Waals surface area contributed by atoms with Crippen LogP contribution in [0.1, 0.15) is 22.3 Å². The van der Waals surface area contributed by atoms with E-state index in [0.29, 0.717) is 17.0 Å². The van der Waals surface area contributed by atoms with Crippen molar-refractivity contribution in [3.63, 3.8) is 0 Å². The summed E-state index contributed by atoms with van der Waals surface area (Å²) in [5, 5.41) is 0. The molecule has 1 aliphatic heterocycles. The molecule has 0 fully saturated rings. The van der Waals surface area contributed by atoms with Gasteiger partial charge in [0, 0.05) is 12.7 Å². The van der Waals surface area contributed by atoms with Gasteiger partial charge in [-0.05, 0) is 61.7 Å². The Morgan fingerprint density at radius 2 is 1.40 bits per heavy atom. The first kappa shape index (κ1) is 19.6. The highest BCUT2D eigenvalue weighted by Gasteiger charge is 2.42. The largest absolute Gasteiger partial charge is 0.339 e. The second-order valence-corrected chi connectivity index (χ2v) is 7.70. The smallest absolute Gasteiger partial charge is 0.282 e. The van der Waals surface area contributed by atoms with Crippen LogP contribution in [0, 0.1) is 20.8 Å². The number of aryl methyl sites for hydroxylation is 3. The molecule has 1 aliphatic rings. The van der Waals surface area contributed by atoms with Crippen molar-refractivity contribution in [2.45, 2.75) is 20.8 Å². The number of carbonyl (C=O) groups is 2. The summed E-state index contributed by atoms with van der Waals surface area (Å²) in [5.41, 5.74) is 6.28. The number of anilines is 2. The van der Waals surface area contributed by atoms with Crippen molar-refractivity contribution in [3.8, 4) is 0 Å². The molecule has 0 atom stereocenters. The molecular weight excluding hydrogens is 372 g/mol. The summed E-state index contributed by atoms with van der Waals surface area (Å²) in [6.07, 6.45) is 0. The van der Waals surface area contributed by atoms with Crippen molar-refractivity contribution in [1.29, 1.82) is 0 Å². The summed E-state index contributed by atoms with van der Waals surface area (Å²) in [5.74, 6) is -0.617. The topological polar surface area (TPSA) is 40.6 Å². The van der Waals surface area contributed by atoms with E-state index in [4.69, 9.17) is 0 Å². The molecular formula is C26H24N2O2. The number of para-hydroxylation sites is 1. The molecule has 0 unspecified atom stereocenters. The molecule has 0 bridgehead atoms. The summed E-state index contributed by atoms with van der Waals surface area (Å²) in [7, 11) is 1.83. The number of imide groups is 1. The average Bonchev–Trinajstić information content (AvgIpc) is 3.01. The van der Waals surface area contributed by atoms with Crippen LogP contribution in [-0.2, 0) is 9.59 Å². The Labute approximate surface area is 177 Å². The zero-order valence-electron chi connectivity index (χ0n) is 17.6. The molecule has 0 radical (unpaired) electrons. The number of hydrogen-bond donors (Lipinski definition) is 0. The second kappa shape index (κ2) is 7.64.